The van der Waals surface area contributed by atoms with Crippen molar-refractivity contribution in [3.05, 3.63) is 52.9 Å². The Morgan fingerprint density at radius 1 is 1.24 bits per heavy atom. The summed E-state index contributed by atoms with van der Waals surface area (Å²) in [5, 5.41) is 9.56. The summed E-state index contributed by atoms with van der Waals surface area (Å²) < 4.78 is 14.9. The van der Waals surface area contributed by atoms with E-state index < -0.39 is 0 Å². The molecule has 8 nitrogen and oxygen atoms in total. The predicted octanol–water partition coefficient (Wildman–Crippen LogP) is 3.38. The largest absolute Gasteiger partial charge is 0.381 e. The molecule has 6 rings (SSSR count). The van der Waals surface area contributed by atoms with Gasteiger partial charge in [0.2, 0.25) is 11.7 Å². The molecule has 0 aliphatic carbocycles. The highest BCUT2D eigenvalue weighted by atomic mass is 35.5. The van der Waals surface area contributed by atoms with E-state index in [1.54, 1.807) is 6.33 Å². The molecule has 0 N–H and O–H groups in total. The van der Waals surface area contributed by atoms with Gasteiger partial charge < -0.3 is 13.8 Å². The van der Waals surface area contributed by atoms with E-state index in [1.807, 2.05) is 36.1 Å². The molecule has 0 spiro atoms. The van der Waals surface area contributed by atoms with Crippen molar-refractivity contribution < 1.29 is 9.26 Å². The predicted molar refractivity (Wildman–Crippen MR) is 105 cm³/mol. The Morgan fingerprint density at radius 2 is 2.17 bits per heavy atom. The van der Waals surface area contributed by atoms with Crippen molar-refractivity contribution in [3.8, 4) is 28.5 Å². The molecular formula is C20H17ClN6O2. The van der Waals surface area contributed by atoms with E-state index in [-0.39, 0.29) is 5.92 Å². The molecule has 146 valence electrons. The summed E-state index contributed by atoms with van der Waals surface area (Å²) in [4.78, 5) is 9.27. The SMILES string of the molecule is Cn1cc2c(n1)-c1cc(Cl)ccc1-n1cnc(-c3noc(C4CCOC4)n3)c1C2. The van der Waals surface area contributed by atoms with Gasteiger partial charge in [0.25, 0.3) is 0 Å². The Bertz CT molecular complexity index is 1230. The molecule has 0 amide bonds. The summed E-state index contributed by atoms with van der Waals surface area (Å²) in [6.07, 6.45) is 5.39. The van der Waals surface area contributed by atoms with Crippen LogP contribution in [0.4, 0.5) is 0 Å². The molecule has 3 aromatic heterocycles. The van der Waals surface area contributed by atoms with E-state index in [0.717, 1.165) is 46.9 Å². The highest BCUT2D eigenvalue weighted by Gasteiger charge is 2.29. The zero-order valence-corrected chi connectivity index (χ0v) is 16.4. The van der Waals surface area contributed by atoms with Gasteiger partial charge in [-0.3, -0.25) is 4.68 Å². The number of hydrogen-bond acceptors (Lipinski definition) is 6. The third-order valence-electron chi connectivity index (χ3n) is 5.53. The number of benzene rings is 1. The number of ether oxygens (including phenoxy) is 1. The fourth-order valence-electron chi connectivity index (χ4n) is 4.15. The Morgan fingerprint density at radius 3 is 3.03 bits per heavy atom. The summed E-state index contributed by atoms with van der Waals surface area (Å²) in [5.74, 6) is 1.27. The molecule has 0 radical (unpaired) electrons. The van der Waals surface area contributed by atoms with Gasteiger partial charge in [0.05, 0.1) is 29.6 Å². The summed E-state index contributed by atoms with van der Waals surface area (Å²) >= 11 is 6.29. The zero-order valence-electron chi connectivity index (χ0n) is 15.7. The monoisotopic (exact) mass is 408 g/mol. The molecule has 29 heavy (non-hydrogen) atoms. The van der Waals surface area contributed by atoms with E-state index >= 15 is 0 Å². The van der Waals surface area contributed by atoms with Gasteiger partial charge in [0.15, 0.2) is 0 Å². The highest BCUT2D eigenvalue weighted by Crippen LogP contribution is 2.38. The fraction of sp³-hybridized carbons (Fsp3) is 0.300. The van der Waals surface area contributed by atoms with E-state index in [2.05, 4.69) is 24.8 Å². The topological polar surface area (TPSA) is 83.8 Å². The van der Waals surface area contributed by atoms with Gasteiger partial charge in [-0.05, 0) is 24.6 Å². The molecule has 4 aromatic rings. The first-order valence-electron chi connectivity index (χ1n) is 9.48. The lowest BCUT2D eigenvalue weighted by Crippen LogP contribution is -2.01. The Labute approximate surface area is 171 Å². The molecule has 0 saturated carbocycles. The van der Waals surface area contributed by atoms with Crippen molar-refractivity contribution in [1.29, 1.82) is 0 Å². The Balaban J connectivity index is 1.51. The van der Waals surface area contributed by atoms with Crippen LogP contribution in [0.5, 0.6) is 0 Å². The molecule has 0 bridgehead atoms. The van der Waals surface area contributed by atoms with Crippen molar-refractivity contribution >= 4 is 11.6 Å². The quantitative estimate of drug-likeness (QED) is 0.445. The molecule has 1 unspecified atom stereocenters. The van der Waals surface area contributed by atoms with Gasteiger partial charge in [-0.15, -0.1) is 0 Å². The zero-order chi connectivity index (χ0) is 19.5. The third-order valence-corrected chi connectivity index (χ3v) is 5.77. The van der Waals surface area contributed by atoms with E-state index in [9.17, 15) is 0 Å². The minimum Gasteiger partial charge on any atom is -0.381 e. The van der Waals surface area contributed by atoms with E-state index in [4.69, 9.17) is 20.9 Å². The van der Waals surface area contributed by atoms with Crippen LogP contribution in [0.25, 0.3) is 28.5 Å². The number of aromatic nitrogens is 6. The lowest BCUT2D eigenvalue weighted by molar-refractivity contribution is 0.189. The van der Waals surface area contributed by atoms with Crippen LogP contribution in [0.1, 0.15) is 29.5 Å². The summed E-state index contributed by atoms with van der Waals surface area (Å²) in [5.41, 5.74) is 5.70. The van der Waals surface area contributed by atoms with Gasteiger partial charge in [0.1, 0.15) is 12.0 Å². The maximum absolute atomic E-state index is 6.29. The molecule has 1 fully saturated rings. The molecule has 1 aromatic carbocycles. The van der Waals surface area contributed by atoms with Crippen LogP contribution in [-0.4, -0.2) is 42.7 Å². The van der Waals surface area contributed by atoms with E-state index in [0.29, 0.717) is 29.8 Å². The van der Waals surface area contributed by atoms with Gasteiger partial charge in [0, 0.05) is 42.4 Å². The average Bonchev–Trinajstić information content (AvgIpc) is 3.47. The minimum absolute atomic E-state index is 0.158. The number of fused-ring (bicyclic) bond motifs is 5. The van der Waals surface area contributed by atoms with Crippen molar-refractivity contribution in [2.24, 2.45) is 7.05 Å². The normalized spacial score (nSPS) is 17.7. The van der Waals surface area contributed by atoms with Crippen LogP contribution < -0.4 is 0 Å². The molecule has 9 heteroatoms. The maximum atomic E-state index is 6.29. The summed E-state index contributed by atoms with van der Waals surface area (Å²) in [6, 6.07) is 5.82. The first kappa shape index (κ1) is 16.9. The maximum Gasteiger partial charge on any atom is 0.232 e. The third kappa shape index (κ3) is 2.63. The summed E-state index contributed by atoms with van der Waals surface area (Å²) in [7, 11) is 1.92. The van der Waals surface area contributed by atoms with Crippen LogP contribution in [0, 0.1) is 0 Å². The van der Waals surface area contributed by atoms with Gasteiger partial charge >= 0.3 is 0 Å². The summed E-state index contributed by atoms with van der Waals surface area (Å²) in [6.45, 7) is 1.35. The Hall–Kier alpha value is -2.97. The lowest BCUT2D eigenvalue weighted by Gasteiger charge is -2.09. The minimum atomic E-state index is 0.158. The van der Waals surface area contributed by atoms with Crippen molar-refractivity contribution in [2.45, 2.75) is 18.8 Å². The standard InChI is InChI=1S/C20H17ClN6O2/c1-26-8-12-6-16-18(19-23-20(29-25-19)11-4-5-28-9-11)22-10-27(16)15-3-2-13(21)7-14(15)17(12)24-26/h2-3,7-8,10-11H,4-6,9H2,1H3. The van der Waals surface area contributed by atoms with Gasteiger partial charge in [-0.2, -0.15) is 10.1 Å². The number of hydrogen-bond donors (Lipinski definition) is 0. The van der Waals surface area contributed by atoms with Crippen LogP contribution in [0.3, 0.4) is 0 Å². The van der Waals surface area contributed by atoms with Crippen LogP contribution in [0.2, 0.25) is 5.02 Å². The molecular weight excluding hydrogens is 392 g/mol. The molecule has 1 saturated heterocycles. The van der Waals surface area contributed by atoms with Gasteiger partial charge in [-0.25, -0.2) is 4.98 Å². The smallest absolute Gasteiger partial charge is 0.232 e. The number of halogens is 1. The van der Waals surface area contributed by atoms with Crippen LogP contribution in [0.15, 0.2) is 35.2 Å². The van der Waals surface area contributed by atoms with Crippen molar-refractivity contribution in [3.63, 3.8) is 0 Å². The van der Waals surface area contributed by atoms with Crippen molar-refractivity contribution in [1.82, 2.24) is 29.5 Å². The molecule has 1 atom stereocenters. The molecule has 2 aliphatic rings. The van der Waals surface area contributed by atoms with Crippen LogP contribution >= 0.6 is 11.6 Å². The highest BCUT2D eigenvalue weighted by molar-refractivity contribution is 6.31. The molecule has 5 heterocycles. The Kier molecular flexibility index (Phi) is 3.66. The molecule has 2 aliphatic heterocycles. The van der Waals surface area contributed by atoms with Gasteiger partial charge in [-0.1, -0.05) is 16.8 Å². The average molecular weight is 409 g/mol. The number of aryl methyl sites for hydroxylation is 1. The number of nitrogens with zero attached hydrogens (tertiary/aromatic N) is 6. The fourth-order valence-corrected chi connectivity index (χ4v) is 4.32. The first-order valence-corrected chi connectivity index (χ1v) is 9.86. The second kappa shape index (κ2) is 6.27. The second-order valence-corrected chi connectivity index (χ2v) is 7.88. The number of rotatable bonds is 2. The van der Waals surface area contributed by atoms with Crippen LogP contribution in [-0.2, 0) is 18.2 Å². The second-order valence-electron chi connectivity index (χ2n) is 7.44. The van der Waals surface area contributed by atoms with E-state index in [1.165, 1.54) is 0 Å². The van der Waals surface area contributed by atoms with Crippen molar-refractivity contribution in [2.75, 3.05) is 13.2 Å². The lowest BCUT2D eigenvalue weighted by atomic mass is 10.0. The first-order chi connectivity index (χ1) is 14.2. The number of imidazole rings is 1.